The van der Waals surface area contributed by atoms with Gasteiger partial charge in [0.25, 0.3) is 5.91 Å². The Kier molecular flexibility index (Phi) is 4.58. The first-order valence-electron chi connectivity index (χ1n) is 6.63. The van der Waals surface area contributed by atoms with Gasteiger partial charge in [0.15, 0.2) is 0 Å². The highest BCUT2D eigenvalue weighted by Gasteiger charge is 2.11. The van der Waals surface area contributed by atoms with Gasteiger partial charge in [-0.05, 0) is 38.0 Å². The second-order valence-corrected chi connectivity index (χ2v) is 4.94. The average molecular weight is 273 g/mol. The molecule has 2 aromatic rings. The Morgan fingerprint density at radius 2 is 2.15 bits per heavy atom. The number of carbonyl (C=O) groups excluding carboxylic acids is 1. The fourth-order valence-corrected chi connectivity index (χ4v) is 2.03. The predicted molar refractivity (Wildman–Crippen MR) is 76.5 cm³/mol. The van der Waals surface area contributed by atoms with Crippen LogP contribution < -0.4 is 5.32 Å². The van der Waals surface area contributed by atoms with Crippen molar-refractivity contribution in [2.24, 2.45) is 0 Å². The summed E-state index contributed by atoms with van der Waals surface area (Å²) >= 11 is 0. The highest BCUT2D eigenvalue weighted by atomic mass is 16.3. The van der Waals surface area contributed by atoms with Crippen LogP contribution in [0.5, 0.6) is 0 Å². The molecule has 1 heterocycles. The first kappa shape index (κ1) is 14.3. The molecule has 20 heavy (non-hydrogen) atoms. The summed E-state index contributed by atoms with van der Waals surface area (Å²) < 4.78 is 4.91. The number of benzene rings is 1. The van der Waals surface area contributed by atoms with Crippen molar-refractivity contribution in [1.82, 2.24) is 5.32 Å². The summed E-state index contributed by atoms with van der Waals surface area (Å²) in [4.78, 5) is 12.1. The van der Waals surface area contributed by atoms with E-state index in [0.29, 0.717) is 18.5 Å². The van der Waals surface area contributed by atoms with E-state index in [1.807, 2.05) is 32.0 Å². The molecular formula is C16H19NO3. The number of amides is 1. The summed E-state index contributed by atoms with van der Waals surface area (Å²) in [5.74, 6) is -0.106. The highest BCUT2D eigenvalue weighted by molar-refractivity contribution is 5.95. The number of carbonyl (C=O) groups is 1. The third-order valence-corrected chi connectivity index (χ3v) is 3.27. The maximum absolute atomic E-state index is 12.1. The first-order chi connectivity index (χ1) is 9.58. The molecule has 0 unspecified atom stereocenters. The second kappa shape index (κ2) is 6.39. The lowest BCUT2D eigenvalue weighted by atomic mass is 10.0. The zero-order chi connectivity index (χ0) is 14.5. The van der Waals surface area contributed by atoms with Gasteiger partial charge in [-0.3, -0.25) is 4.79 Å². The van der Waals surface area contributed by atoms with Crippen LogP contribution in [0.2, 0.25) is 0 Å². The van der Waals surface area contributed by atoms with E-state index >= 15 is 0 Å². The van der Waals surface area contributed by atoms with Crippen molar-refractivity contribution in [2.45, 2.75) is 26.4 Å². The Balaban J connectivity index is 1.88. The van der Waals surface area contributed by atoms with Crippen LogP contribution in [-0.2, 0) is 0 Å². The minimum Gasteiger partial charge on any atom is -0.472 e. The summed E-state index contributed by atoms with van der Waals surface area (Å²) in [5, 5.41) is 12.7. The number of furan rings is 1. The van der Waals surface area contributed by atoms with E-state index in [4.69, 9.17) is 4.42 Å². The lowest BCUT2D eigenvalue weighted by Gasteiger charge is -2.11. The van der Waals surface area contributed by atoms with Crippen molar-refractivity contribution in [3.63, 3.8) is 0 Å². The molecule has 4 nitrogen and oxygen atoms in total. The minimum absolute atomic E-state index is 0.106. The summed E-state index contributed by atoms with van der Waals surface area (Å²) in [6, 6.07) is 7.51. The van der Waals surface area contributed by atoms with E-state index < -0.39 is 6.10 Å². The number of aliphatic hydroxyl groups is 1. The fraction of sp³-hybridized carbons (Fsp3) is 0.312. The van der Waals surface area contributed by atoms with Crippen LogP contribution in [0.3, 0.4) is 0 Å². The topological polar surface area (TPSA) is 62.5 Å². The van der Waals surface area contributed by atoms with Gasteiger partial charge < -0.3 is 14.8 Å². The van der Waals surface area contributed by atoms with Crippen LogP contribution >= 0.6 is 0 Å². The highest BCUT2D eigenvalue weighted by Crippen LogP contribution is 2.16. The smallest absolute Gasteiger partial charge is 0.251 e. The first-order valence-corrected chi connectivity index (χ1v) is 6.63. The van der Waals surface area contributed by atoms with E-state index in [1.165, 1.54) is 12.5 Å². The molecule has 0 fully saturated rings. The van der Waals surface area contributed by atoms with Gasteiger partial charge in [-0.1, -0.05) is 17.7 Å². The van der Waals surface area contributed by atoms with Crippen molar-refractivity contribution in [3.8, 4) is 0 Å². The lowest BCUT2D eigenvalue weighted by molar-refractivity contribution is 0.0942. The maximum Gasteiger partial charge on any atom is 0.251 e. The van der Waals surface area contributed by atoms with Crippen LogP contribution in [0.4, 0.5) is 0 Å². The molecular weight excluding hydrogens is 254 g/mol. The van der Waals surface area contributed by atoms with Gasteiger partial charge in [0.2, 0.25) is 0 Å². The van der Waals surface area contributed by atoms with Gasteiger partial charge in [0, 0.05) is 17.7 Å². The quantitative estimate of drug-likeness (QED) is 0.880. The second-order valence-electron chi connectivity index (χ2n) is 4.94. The lowest BCUT2D eigenvalue weighted by Crippen LogP contribution is -2.26. The molecule has 4 heteroatoms. The zero-order valence-corrected chi connectivity index (χ0v) is 11.7. The predicted octanol–water partition coefficient (Wildman–Crippen LogP) is 2.75. The number of hydrogen-bond acceptors (Lipinski definition) is 3. The molecule has 0 aliphatic heterocycles. The third-order valence-electron chi connectivity index (χ3n) is 3.27. The van der Waals surface area contributed by atoms with E-state index in [1.54, 1.807) is 6.07 Å². The molecule has 1 atom stereocenters. The van der Waals surface area contributed by atoms with E-state index in [0.717, 1.165) is 16.7 Å². The van der Waals surface area contributed by atoms with E-state index in [9.17, 15) is 9.90 Å². The Morgan fingerprint density at radius 3 is 2.85 bits per heavy atom. The van der Waals surface area contributed by atoms with Gasteiger partial charge in [0.05, 0.1) is 18.6 Å². The van der Waals surface area contributed by atoms with Crippen LogP contribution in [0.25, 0.3) is 0 Å². The summed E-state index contributed by atoms with van der Waals surface area (Å²) in [5.41, 5.74) is 3.41. The minimum atomic E-state index is -0.618. The Morgan fingerprint density at radius 1 is 1.35 bits per heavy atom. The molecule has 2 N–H and O–H groups in total. The molecule has 1 aromatic carbocycles. The number of aliphatic hydroxyl groups excluding tert-OH is 1. The molecule has 0 bridgehead atoms. The van der Waals surface area contributed by atoms with Gasteiger partial charge in [-0.2, -0.15) is 0 Å². The van der Waals surface area contributed by atoms with Gasteiger partial charge >= 0.3 is 0 Å². The van der Waals surface area contributed by atoms with Crippen LogP contribution in [0.15, 0.2) is 41.2 Å². The molecule has 0 aliphatic rings. The largest absolute Gasteiger partial charge is 0.472 e. The number of rotatable bonds is 5. The van der Waals surface area contributed by atoms with Crippen LogP contribution in [0, 0.1) is 13.8 Å². The maximum atomic E-state index is 12.1. The van der Waals surface area contributed by atoms with Crippen molar-refractivity contribution in [3.05, 3.63) is 59.0 Å². The number of nitrogens with one attached hydrogen (secondary N) is 1. The standard InChI is InChI=1S/C16H19NO3/c1-11-3-4-12(2)14(9-11)16(19)17-7-5-15(18)13-6-8-20-10-13/h3-4,6,8-10,15,18H,5,7H2,1-2H3,(H,17,19)/t15-/m1/s1. The molecule has 0 aliphatic carbocycles. The zero-order valence-electron chi connectivity index (χ0n) is 11.7. The Labute approximate surface area is 118 Å². The fourth-order valence-electron chi connectivity index (χ4n) is 2.03. The molecule has 1 amide bonds. The van der Waals surface area contributed by atoms with E-state index in [2.05, 4.69) is 5.32 Å². The normalized spacial score (nSPS) is 12.2. The molecule has 0 radical (unpaired) electrons. The van der Waals surface area contributed by atoms with Crippen molar-refractivity contribution in [2.75, 3.05) is 6.54 Å². The van der Waals surface area contributed by atoms with Crippen molar-refractivity contribution < 1.29 is 14.3 Å². The molecule has 2 rings (SSSR count). The number of aryl methyl sites for hydroxylation is 2. The van der Waals surface area contributed by atoms with Gasteiger partial charge in [-0.25, -0.2) is 0 Å². The van der Waals surface area contributed by atoms with Crippen molar-refractivity contribution in [1.29, 1.82) is 0 Å². The van der Waals surface area contributed by atoms with Crippen LogP contribution in [-0.4, -0.2) is 17.6 Å². The molecule has 106 valence electrons. The molecule has 0 saturated carbocycles. The molecule has 1 aromatic heterocycles. The van der Waals surface area contributed by atoms with Crippen LogP contribution in [0.1, 0.15) is 39.6 Å². The van der Waals surface area contributed by atoms with Crippen molar-refractivity contribution >= 4 is 5.91 Å². The monoisotopic (exact) mass is 273 g/mol. The average Bonchev–Trinajstić information content (AvgIpc) is 2.95. The third kappa shape index (κ3) is 3.48. The number of hydrogen-bond donors (Lipinski definition) is 2. The summed E-state index contributed by atoms with van der Waals surface area (Å²) in [6.07, 6.45) is 2.87. The summed E-state index contributed by atoms with van der Waals surface area (Å²) in [7, 11) is 0. The van der Waals surface area contributed by atoms with E-state index in [-0.39, 0.29) is 5.91 Å². The molecule has 0 spiro atoms. The Bertz CT molecular complexity index is 575. The van der Waals surface area contributed by atoms with Gasteiger partial charge in [-0.15, -0.1) is 0 Å². The Hall–Kier alpha value is -2.07. The summed E-state index contributed by atoms with van der Waals surface area (Å²) in [6.45, 7) is 4.28. The molecule has 0 saturated heterocycles. The SMILES string of the molecule is Cc1ccc(C)c(C(=O)NCC[C@@H](O)c2ccoc2)c1. The van der Waals surface area contributed by atoms with Gasteiger partial charge in [0.1, 0.15) is 0 Å².